The Morgan fingerprint density at radius 2 is 1.87 bits per heavy atom. The topological polar surface area (TPSA) is 60.7 Å². The molecule has 0 amide bonds. The molecule has 3 heteroatoms. The molecule has 0 fully saturated rings. The summed E-state index contributed by atoms with van der Waals surface area (Å²) >= 11 is 0. The Bertz CT molecular complexity index is 187. The number of aliphatic hydroxyl groups excluding tert-OH is 3. The van der Waals surface area contributed by atoms with Crippen LogP contribution in [-0.4, -0.2) is 34.1 Å². The Balaban J connectivity index is 3.58. The predicted molar refractivity (Wildman–Crippen MR) is 61.5 cm³/mol. The molecule has 0 saturated heterocycles. The molecule has 0 bridgehead atoms. The lowest BCUT2D eigenvalue weighted by Gasteiger charge is -2.06. The lowest BCUT2D eigenvalue weighted by atomic mass is 10.1. The summed E-state index contributed by atoms with van der Waals surface area (Å²) in [5, 5.41) is 27.4. The molecule has 0 saturated carbocycles. The zero-order chi connectivity index (χ0) is 11.5. The maximum atomic E-state index is 9.41. The highest BCUT2D eigenvalue weighted by atomic mass is 16.3. The first kappa shape index (κ1) is 14.4. The smallest absolute Gasteiger partial charge is 0.0755 e. The predicted octanol–water partition coefficient (Wildman–Crippen LogP) is 1.39. The van der Waals surface area contributed by atoms with E-state index < -0.39 is 12.2 Å². The number of hydrogen-bond acceptors (Lipinski definition) is 3. The molecule has 0 aliphatic rings. The van der Waals surface area contributed by atoms with E-state index in [1.165, 1.54) is 0 Å². The van der Waals surface area contributed by atoms with Crippen LogP contribution in [0.25, 0.3) is 0 Å². The molecule has 0 aliphatic carbocycles. The van der Waals surface area contributed by atoms with E-state index in [0.717, 1.165) is 0 Å². The minimum absolute atomic E-state index is 0.116. The lowest BCUT2D eigenvalue weighted by molar-refractivity contribution is 0.152. The summed E-state index contributed by atoms with van der Waals surface area (Å²) in [7, 11) is 0. The monoisotopic (exact) mass is 214 g/mol. The second-order valence-electron chi connectivity index (χ2n) is 3.56. The Hall–Kier alpha value is -0.640. The molecule has 0 radical (unpaired) electrons. The summed E-state index contributed by atoms with van der Waals surface area (Å²) in [4.78, 5) is 0. The van der Waals surface area contributed by atoms with E-state index in [-0.39, 0.29) is 6.61 Å². The molecule has 0 spiro atoms. The first-order valence-corrected chi connectivity index (χ1v) is 5.45. The van der Waals surface area contributed by atoms with Crippen molar-refractivity contribution >= 4 is 0 Å². The standard InChI is InChI=1S/C12H22O3/c1-2-3-6-11(14)7-4-8-12(15)9-5-10-13/h2-4,7,11-15H,5-6,8-10H2,1H3/b3-2+,7-4+/t11-,12-/m1/s1. The Labute approximate surface area is 91.8 Å². The average molecular weight is 214 g/mol. The van der Waals surface area contributed by atoms with Crippen molar-refractivity contribution in [3.05, 3.63) is 24.3 Å². The molecular formula is C12H22O3. The second kappa shape index (κ2) is 9.90. The van der Waals surface area contributed by atoms with Crippen molar-refractivity contribution in [3.8, 4) is 0 Å². The minimum Gasteiger partial charge on any atom is -0.396 e. The fourth-order valence-electron chi connectivity index (χ4n) is 1.19. The van der Waals surface area contributed by atoms with Gasteiger partial charge < -0.3 is 15.3 Å². The molecule has 2 atom stereocenters. The summed E-state index contributed by atoms with van der Waals surface area (Å²) in [6, 6.07) is 0. The van der Waals surface area contributed by atoms with Crippen molar-refractivity contribution in [3.63, 3.8) is 0 Å². The largest absolute Gasteiger partial charge is 0.396 e. The molecule has 0 aromatic carbocycles. The zero-order valence-corrected chi connectivity index (χ0v) is 9.34. The SMILES string of the molecule is C/C=C/C[C@@H](O)/C=C/C[C@@H](O)CCCO. The number of allylic oxidation sites excluding steroid dienone is 1. The highest BCUT2D eigenvalue weighted by Crippen LogP contribution is 2.03. The van der Waals surface area contributed by atoms with Gasteiger partial charge in [0, 0.05) is 6.61 Å². The van der Waals surface area contributed by atoms with Crippen molar-refractivity contribution < 1.29 is 15.3 Å². The quantitative estimate of drug-likeness (QED) is 0.535. The number of rotatable bonds is 8. The third kappa shape index (κ3) is 9.66. The van der Waals surface area contributed by atoms with E-state index in [2.05, 4.69) is 0 Å². The van der Waals surface area contributed by atoms with Crippen LogP contribution in [0.4, 0.5) is 0 Å². The maximum Gasteiger partial charge on any atom is 0.0755 e. The summed E-state index contributed by atoms with van der Waals surface area (Å²) in [5.41, 5.74) is 0. The Morgan fingerprint density at radius 1 is 1.13 bits per heavy atom. The highest BCUT2D eigenvalue weighted by Gasteiger charge is 2.01. The molecular weight excluding hydrogens is 192 g/mol. The molecule has 0 unspecified atom stereocenters. The fraction of sp³-hybridized carbons (Fsp3) is 0.667. The molecule has 0 aliphatic heterocycles. The molecule has 0 aromatic heterocycles. The molecule has 88 valence electrons. The summed E-state index contributed by atoms with van der Waals surface area (Å²) in [6.07, 6.45) is 8.77. The van der Waals surface area contributed by atoms with Crippen LogP contribution >= 0.6 is 0 Å². The first-order valence-electron chi connectivity index (χ1n) is 5.45. The van der Waals surface area contributed by atoms with Gasteiger partial charge in [0.15, 0.2) is 0 Å². The van der Waals surface area contributed by atoms with Gasteiger partial charge >= 0.3 is 0 Å². The van der Waals surface area contributed by atoms with Gasteiger partial charge in [-0.05, 0) is 32.6 Å². The highest BCUT2D eigenvalue weighted by molar-refractivity contribution is 4.94. The molecule has 0 heterocycles. The van der Waals surface area contributed by atoms with E-state index in [1.807, 2.05) is 19.1 Å². The van der Waals surface area contributed by atoms with Crippen LogP contribution in [0.3, 0.4) is 0 Å². The van der Waals surface area contributed by atoms with E-state index >= 15 is 0 Å². The van der Waals surface area contributed by atoms with Gasteiger partial charge in [-0.25, -0.2) is 0 Å². The van der Waals surface area contributed by atoms with Crippen LogP contribution in [0.5, 0.6) is 0 Å². The molecule has 0 aromatic rings. The minimum atomic E-state index is -0.466. The van der Waals surface area contributed by atoms with Gasteiger partial charge in [-0.15, -0.1) is 0 Å². The van der Waals surface area contributed by atoms with Gasteiger partial charge in [-0.3, -0.25) is 0 Å². The van der Waals surface area contributed by atoms with Gasteiger partial charge in [0.25, 0.3) is 0 Å². The van der Waals surface area contributed by atoms with Crippen LogP contribution in [-0.2, 0) is 0 Å². The van der Waals surface area contributed by atoms with Crippen LogP contribution in [0, 0.1) is 0 Å². The van der Waals surface area contributed by atoms with Crippen LogP contribution in [0.1, 0.15) is 32.6 Å². The Morgan fingerprint density at radius 3 is 2.47 bits per heavy atom. The van der Waals surface area contributed by atoms with Crippen LogP contribution in [0.15, 0.2) is 24.3 Å². The third-order valence-electron chi connectivity index (χ3n) is 2.08. The van der Waals surface area contributed by atoms with Gasteiger partial charge in [0.05, 0.1) is 12.2 Å². The van der Waals surface area contributed by atoms with Gasteiger partial charge in [-0.1, -0.05) is 24.3 Å². The Kier molecular flexibility index (Phi) is 9.48. The van der Waals surface area contributed by atoms with E-state index in [1.54, 1.807) is 12.2 Å². The van der Waals surface area contributed by atoms with Gasteiger partial charge in [0.2, 0.25) is 0 Å². The van der Waals surface area contributed by atoms with Gasteiger partial charge in [0.1, 0.15) is 0 Å². The average Bonchev–Trinajstić information content (AvgIpc) is 2.23. The summed E-state index contributed by atoms with van der Waals surface area (Å²) in [5.74, 6) is 0. The number of aliphatic hydroxyl groups is 3. The van der Waals surface area contributed by atoms with Crippen LogP contribution in [0.2, 0.25) is 0 Å². The molecule has 3 N–H and O–H groups in total. The van der Waals surface area contributed by atoms with E-state index in [0.29, 0.717) is 25.7 Å². The fourth-order valence-corrected chi connectivity index (χ4v) is 1.19. The first-order chi connectivity index (χ1) is 7.20. The van der Waals surface area contributed by atoms with Crippen molar-refractivity contribution in [2.75, 3.05) is 6.61 Å². The lowest BCUT2D eigenvalue weighted by Crippen LogP contribution is -2.06. The summed E-state index contributed by atoms with van der Waals surface area (Å²) < 4.78 is 0. The van der Waals surface area contributed by atoms with E-state index in [4.69, 9.17) is 5.11 Å². The second-order valence-corrected chi connectivity index (χ2v) is 3.56. The van der Waals surface area contributed by atoms with E-state index in [9.17, 15) is 10.2 Å². The normalized spacial score (nSPS) is 16.3. The molecule has 3 nitrogen and oxygen atoms in total. The van der Waals surface area contributed by atoms with Crippen molar-refractivity contribution in [1.29, 1.82) is 0 Å². The van der Waals surface area contributed by atoms with Crippen LogP contribution < -0.4 is 0 Å². The zero-order valence-electron chi connectivity index (χ0n) is 9.34. The summed E-state index contributed by atoms with van der Waals surface area (Å²) in [6.45, 7) is 2.03. The van der Waals surface area contributed by atoms with Gasteiger partial charge in [-0.2, -0.15) is 0 Å². The third-order valence-corrected chi connectivity index (χ3v) is 2.08. The van der Waals surface area contributed by atoms with Crippen molar-refractivity contribution in [2.24, 2.45) is 0 Å². The molecule has 15 heavy (non-hydrogen) atoms. The molecule has 0 rings (SSSR count). The van der Waals surface area contributed by atoms with Crippen molar-refractivity contribution in [1.82, 2.24) is 0 Å². The van der Waals surface area contributed by atoms with Crippen molar-refractivity contribution in [2.45, 2.75) is 44.8 Å². The maximum absolute atomic E-state index is 9.41. The number of hydrogen-bond donors (Lipinski definition) is 3.